The van der Waals surface area contributed by atoms with Crippen LogP contribution in [0.3, 0.4) is 0 Å². The van der Waals surface area contributed by atoms with E-state index in [2.05, 4.69) is 30.8 Å². The Morgan fingerprint density at radius 2 is 2.33 bits per heavy atom. The van der Waals surface area contributed by atoms with E-state index in [0.717, 1.165) is 31.2 Å². The third-order valence-corrected chi connectivity index (χ3v) is 3.19. The van der Waals surface area contributed by atoms with Crippen molar-refractivity contribution < 1.29 is 4.74 Å². The first-order chi connectivity index (χ1) is 7.19. The largest absolute Gasteiger partial charge is 0.481 e. The first-order valence-corrected chi connectivity index (χ1v) is 5.89. The third kappa shape index (κ3) is 2.40. The lowest BCUT2D eigenvalue weighted by Gasteiger charge is -2.16. The predicted octanol–water partition coefficient (Wildman–Crippen LogP) is 1.77. The van der Waals surface area contributed by atoms with Crippen LogP contribution in [0.15, 0.2) is 6.07 Å². The minimum Gasteiger partial charge on any atom is -0.481 e. The van der Waals surface area contributed by atoms with Gasteiger partial charge in [-0.15, -0.1) is 0 Å². The van der Waals surface area contributed by atoms with E-state index in [4.69, 9.17) is 4.74 Å². The van der Waals surface area contributed by atoms with Crippen molar-refractivity contribution >= 4 is 21.9 Å². The molecule has 5 heteroatoms. The third-order valence-electron chi connectivity index (χ3n) is 2.44. The van der Waals surface area contributed by atoms with Crippen molar-refractivity contribution in [3.63, 3.8) is 0 Å². The molecule has 1 aliphatic rings. The number of alkyl halides is 1. The second-order valence-corrected chi connectivity index (χ2v) is 4.98. The van der Waals surface area contributed by atoms with E-state index < -0.39 is 0 Å². The molecular formula is C10H14BrN3O. The molecule has 0 spiro atoms. The number of aromatic nitrogens is 2. The number of nitrogens with zero attached hydrogens (tertiary/aromatic N) is 3. The molecule has 0 amide bonds. The number of aryl methyl sites for hydroxylation is 1. The molecule has 1 saturated heterocycles. The first kappa shape index (κ1) is 10.7. The van der Waals surface area contributed by atoms with E-state index in [0.29, 0.717) is 10.7 Å². The van der Waals surface area contributed by atoms with E-state index in [1.807, 2.05) is 13.0 Å². The molecule has 1 aliphatic heterocycles. The Hall–Kier alpha value is -0.840. The molecule has 0 radical (unpaired) electrons. The molecule has 1 aromatic heterocycles. The van der Waals surface area contributed by atoms with E-state index in [1.54, 1.807) is 7.11 Å². The minimum absolute atomic E-state index is 0.549. The fraction of sp³-hybridized carbons (Fsp3) is 0.600. The lowest BCUT2D eigenvalue weighted by molar-refractivity contribution is 0.396. The summed E-state index contributed by atoms with van der Waals surface area (Å²) in [6.07, 6.45) is 1.14. The normalized spacial score (nSPS) is 20.7. The SMILES string of the molecule is COc1cc(C)nc(N2CCC(Br)C2)n1. The van der Waals surface area contributed by atoms with Crippen LogP contribution < -0.4 is 9.64 Å². The standard InChI is InChI=1S/C10H14BrN3O/c1-7-5-9(15-2)13-10(12-7)14-4-3-8(11)6-14/h5,8H,3-4,6H2,1-2H3. The lowest BCUT2D eigenvalue weighted by atomic mass is 10.4. The van der Waals surface area contributed by atoms with Crippen LogP contribution in [0.5, 0.6) is 5.88 Å². The van der Waals surface area contributed by atoms with Gasteiger partial charge < -0.3 is 9.64 Å². The lowest BCUT2D eigenvalue weighted by Crippen LogP contribution is -2.22. The quantitative estimate of drug-likeness (QED) is 0.769. The van der Waals surface area contributed by atoms with Gasteiger partial charge in [0, 0.05) is 29.7 Å². The molecule has 82 valence electrons. The Labute approximate surface area is 97.8 Å². The van der Waals surface area contributed by atoms with E-state index in [9.17, 15) is 0 Å². The van der Waals surface area contributed by atoms with Gasteiger partial charge in [0.25, 0.3) is 0 Å². The van der Waals surface area contributed by atoms with E-state index >= 15 is 0 Å². The summed E-state index contributed by atoms with van der Waals surface area (Å²) in [5, 5.41) is 0. The summed E-state index contributed by atoms with van der Waals surface area (Å²) in [5.41, 5.74) is 0.940. The fourth-order valence-electron chi connectivity index (χ4n) is 1.67. The van der Waals surface area contributed by atoms with Crippen molar-refractivity contribution in [2.45, 2.75) is 18.2 Å². The molecule has 0 saturated carbocycles. The van der Waals surface area contributed by atoms with Gasteiger partial charge in [0.2, 0.25) is 11.8 Å². The maximum absolute atomic E-state index is 5.13. The number of hydrogen-bond acceptors (Lipinski definition) is 4. The number of anilines is 1. The van der Waals surface area contributed by atoms with Crippen molar-refractivity contribution in [3.05, 3.63) is 11.8 Å². The fourth-order valence-corrected chi connectivity index (χ4v) is 2.22. The van der Waals surface area contributed by atoms with E-state index in [1.165, 1.54) is 0 Å². The highest BCUT2D eigenvalue weighted by atomic mass is 79.9. The number of halogens is 1. The second-order valence-electron chi connectivity index (χ2n) is 3.68. The maximum atomic E-state index is 5.13. The van der Waals surface area contributed by atoms with Crippen LogP contribution in [0, 0.1) is 6.92 Å². The highest BCUT2D eigenvalue weighted by Gasteiger charge is 2.22. The van der Waals surface area contributed by atoms with Gasteiger partial charge in [0.05, 0.1) is 7.11 Å². The van der Waals surface area contributed by atoms with Gasteiger partial charge in [0.15, 0.2) is 0 Å². The van der Waals surface area contributed by atoms with Gasteiger partial charge in [-0.2, -0.15) is 4.98 Å². The van der Waals surface area contributed by atoms with Gasteiger partial charge in [-0.1, -0.05) is 15.9 Å². The summed E-state index contributed by atoms with van der Waals surface area (Å²) in [4.78, 5) is 11.5. The van der Waals surface area contributed by atoms with Gasteiger partial charge in [0.1, 0.15) is 0 Å². The molecule has 0 N–H and O–H groups in total. The minimum atomic E-state index is 0.549. The number of rotatable bonds is 2. The smallest absolute Gasteiger partial charge is 0.228 e. The van der Waals surface area contributed by atoms with Crippen molar-refractivity contribution in [3.8, 4) is 5.88 Å². The Morgan fingerprint density at radius 1 is 1.53 bits per heavy atom. The molecule has 0 bridgehead atoms. The molecule has 2 heterocycles. The Kier molecular flexibility index (Phi) is 3.09. The molecule has 0 aliphatic carbocycles. The zero-order valence-electron chi connectivity index (χ0n) is 8.90. The summed E-state index contributed by atoms with van der Waals surface area (Å²) in [6, 6.07) is 1.84. The van der Waals surface area contributed by atoms with Gasteiger partial charge in [-0.05, 0) is 13.3 Å². The average Bonchev–Trinajstić information content (AvgIpc) is 2.64. The zero-order valence-corrected chi connectivity index (χ0v) is 10.5. The summed E-state index contributed by atoms with van der Waals surface area (Å²) < 4.78 is 5.13. The van der Waals surface area contributed by atoms with Crippen molar-refractivity contribution in [2.24, 2.45) is 0 Å². The van der Waals surface area contributed by atoms with Gasteiger partial charge in [-0.3, -0.25) is 0 Å². The highest BCUT2D eigenvalue weighted by Crippen LogP contribution is 2.22. The molecule has 1 fully saturated rings. The molecule has 1 atom stereocenters. The van der Waals surface area contributed by atoms with Crippen LogP contribution >= 0.6 is 15.9 Å². The predicted molar refractivity (Wildman–Crippen MR) is 62.9 cm³/mol. The first-order valence-electron chi connectivity index (χ1n) is 4.97. The van der Waals surface area contributed by atoms with Crippen LogP contribution in [-0.4, -0.2) is 35.0 Å². The molecule has 2 rings (SSSR count). The summed E-state index contributed by atoms with van der Waals surface area (Å²) in [5.74, 6) is 1.41. The molecule has 0 aromatic carbocycles. The van der Waals surface area contributed by atoms with Gasteiger partial charge in [-0.25, -0.2) is 4.98 Å². The van der Waals surface area contributed by atoms with Crippen LogP contribution in [0.2, 0.25) is 0 Å². The Morgan fingerprint density at radius 3 is 2.93 bits per heavy atom. The summed E-state index contributed by atoms with van der Waals surface area (Å²) >= 11 is 3.60. The average molecular weight is 272 g/mol. The number of methoxy groups -OCH3 is 1. The van der Waals surface area contributed by atoms with Crippen LogP contribution in [-0.2, 0) is 0 Å². The van der Waals surface area contributed by atoms with Crippen molar-refractivity contribution in [2.75, 3.05) is 25.1 Å². The van der Waals surface area contributed by atoms with E-state index in [-0.39, 0.29) is 0 Å². The number of ether oxygens (including phenoxy) is 1. The van der Waals surface area contributed by atoms with Crippen LogP contribution in [0.4, 0.5) is 5.95 Å². The maximum Gasteiger partial charge on any atom is 0.228 e. The van der Waals surface area contributed by atoms with Crippen LogP contribution in [0.25, 0.3) is 0 Å². The Bertz CT molecular complexity index is 359. The summed E-state index contributed by atoms with van der Waals surface area (Å²) in [6.45, 7) is 3.92. The van der Waals surface area contributed by atoms with Crippen molar-refractivity contribution in [1.82, 2.24) is 9.97 Å². The molecule has 1 aromatic rings. The molecule has 4 nitrogen and oxygen atoms in total. The number of hydrogen-bond donors (Lipinski definition) is 0. The van der Waals surface area contributed by atoms with Gasteiger partial charge >= 0.3 is 0 Å². The van der Waals surface area contributed by atoms with Crippen LogP contribution in [0.1, 0.15) is 12.1 Å². The molecule has 1 unspecified atom stereocenters. The van der Waals surface area contributed by atoms with Crippen molar-refractivity contribution in [1.29, 1.82) is 0 Å². The monoisotopic (exact) mass is 271 g/mol. The molecule has 15 heavy (non-hydrogen) atoms. The highest BCUT2D eigenvalue weighted by molar-refractivity contribution is 9.09. The molecular weight excluding hydrogens is 258 g/mol. The zero-order chi connectivity index (χ0) is 10.8. The Balaban J connectivity index is 2.24. The summed E-state index contributed by atoms with van der Waals surface area (Å²) in [7, 11) is 1.63. The topological polar surface area (TPSA) is 38.2 Å². The second kappa shape index (κ2) is 4.35.